The molecule has 0 heterocycles. The molecule has 0 fully saturated rings. The second-order valence-corrected chi connectivity index (χ2v) is 7.42. The number of methoxy groups -OCH3 is 1. The van der Waals surface area contributed by atoms with E-state index in [-0.39, 0.29) is 10.8 Å². The van der Waals surface area contributed by atoms with Crippen molar-refractivity contribution in [1.29, 1.82) is 0 Å². The lowest BCUT2D eigenvalue weighted by Gasteiger charge is -2.20. The molecule has 2 rings (SSSR count). The normalized spacial score (nSPS) is 11.0. The number of hydrogen-bond donors (Lipinski definition) is 1. The first-order valence-corrected chi connectivity index (χ1v) is 9.35. The fraction of sp³-hybridized carbons (Fsp3) is 0.278. The van der Waals surface area contributed by atoms with Crippen molar-refractivity contribution in [2.45, 2.75) is 18.2 Å². The van der Waals surface area contributed by atoms with Crippen LogP contribution in [0.25, 0.3) is 0 Å². The molecule has 0 aliphatic carbocycles. The Morgan fingerprint density at radius 2 is 1.84 bits per heavy atom. The largest absolute Gasteiger partial charge is 0.497 e. The highest BCUT2D eigenvalue weighted by Crippen LogP contribution is 2.24. The van der Waals surface area contributed by atoms with Gasteiger partial charge in [0.2, 0.25) is 0 Å². The highest BCUT2D eigenvalue weighted by molar-refractivity contribution is 7.92. The second-order valence-electron chi connectivity index (χ2n) is 5.45. The van der Waals surface area contributed by atoms with Gasteiger partial charge in [-0.05, 0) is 48.9 Å². The Morgan fingerprint density at radius 1 is 1.16 bits per heavy atom. The molecular weight excluding hydrogens is 340 g/mol. The number of sulfonamides is 1. The lowest BCUT2D eigenvalue weighted by Crippen LogP contribution is -2.27. The number of benzene rings is 2. The van der Waals surface area contributed by atoms with Crippen molar-refractivity contribution in [3.63, 3.8) is 0 Å². The Kier molecular flexibility index (Phi) is 6.03. The monoisotopic (exact) mass is 362 g/mol. The van der Waals surface area contributed by atoms with Crippen LogP contribution in [0.2, 0.25) is 0 Å². The van der Waals surface area contributed by atoms with Crippen molar-refractivity contribution in [3.05, 3.63) is 54.1 Å². The minimum absolute atomic E-state index is 0.0648. The fourth-order valence-electron chi connectivity index (χ4n) is 2.23. The van der Waals surface area contributed by atoms with E-state index in [0.29, 0.717) is 23.5 Å². The number of carbonyl (C=O) groups is 1. The van der Waals surface area contributed by atoms with Gasteiger partial charge in [-0.25, -0.2) is 8.42 Å². The first-order valence-electron chi connectivity index (χ1n) is 7.91. The van der Waals surface area contributed by atoms with E-state index in [4.69, 9.17) is 4.74 Å². The second kappa shape index (κ2) is 8.02. The van der Waals surface area contributed by atoms with Gasteiger partial charge < -0.3 is 10.1 Å². The molecule has 0 aliphatic heterocycles. The molecular formula is C18H22N2O4S. The van der Waals surface area contributed by atoms with Crippen LogP contribution >= 0.6 is 0 Å². The van der Waals surface area contributed by atoms with Crippen LogP contribution in [-0.4, -0.2) is 35.0 Å². The Hall–Kier alpha value is -2.54. The molecule has 0 unspecified atom stereocenters. The van der Waals surface area contributed by atoms with Gasteiger partial charge in [0.1, 0.15) is 5.75 Å². The SMILES string of the molecule is CCCNC(=O)c1cccc(S(=O)(=O)N(C)c2ccc(OC)cc2)c1. The van der Waals surface area contributed by atoms with E-state index in [1.807, 2.05) is 6.92 Å². The van der Waals surface area contributed by atoms with E-state index in [1.165, 1.54) is 23.5 Å². The number of carbonyl (C=O) groups excluding carboxylic acids is 1. The highest BCUT2D eigenvalue weighted by atomic mass is 32.2. The summed E-state index contributed by atoms with van der Waals surface area (Å²) in [5, 5.41) is 2.74. The summed E-state index contributed by atoms with van der Waals surface area (Å²) in [4.78, 5) is 12.1. The summed E-state index contributed by atoms with van der Waals surface area (Å²) in [5.41, 5.74) is 0.819. The number of nitrogens with zero attached hydrogens (tertiary/aromatic N) is 1. The van der Waals surface area contributed by atoms with Crippen LogP contribution in [0, 0.1) is 0 Å². The minimum Gasteiger partial charge on any atom is -0.497 e. The average molecular weight is 362 g/mol. The summed E-state index contributed by atoms with van der Waals surface area (Å²) in [7, 11) is -0.756. The summed E-state index contributed by atoms with van der Waals surface area (Å²) in [6.45, 7) is 2.49. The van der Waals surface area contributed by atoms with Crippen LogP contribution < -0.4 is 14.4 Å². The zero-order valence-electron chi connectivity index (χ0n) is 14.5. The molecule has 134 valence electrons. The van der Waals surface area contributed by atoms with Crippen molar-refractivity contribution in [2.75, 3.05) is 25.0 Å². The van der Waals surface area contributed by atoms with E-state index in [9.17, 15) is 13.2 Å². The zero-order valence-corrected chi connectivity index (χ0v) is 15.3. The standard InChI is InChI=1S/C18H22N2O4S/c1-4-12-19-18(21)14-6-5-7-17(13-14)25(22,23)20(2)15-8-10-16(24-3)11-9-15/h5-11,13H,4,12H2,1-3H3,(H,19,21). The van der Waals surface area contributed by atoms with Crippen LogP contribution in [0.5, 0.6) is 5.75 Å². The quantitative estimate of drug-likeness (QED) is 0.822. The van der Waals surface area contributed by atoms with Crippen molar-refractivity contribution < 1.29 is 17.9 Å². The van der Waals surface area contributed by atoms with Crippen LogP contribution in [0.15, 0.2) is 53.4 Å². The maximum Gasteiger partial charge on any atom is 0.264 e. The maximum absolute atomic E-state index is 12.8. The van der Waals surface area contributed by atoms with Gasteiger partial charge in [0.05, 0.1) is 17.7 Å². The van der Waals surface area contributed by atoms with Gasteiger partial charge in [0.25, 0.3) is 15.9 Å². The van der Waals surface area contributed by atoms with Gasteiger partial charge in [0.15, 0.2) is 0 Å². The lowest BCUT2D eigenvalue weighted by atomic mass is 10.2. The Morgan fingerprint density at radius 3 is 2.44 bits per heavy atom. The Balaban J connectivity index is 2.30. The molecule has 1 amide bonds. The Bertz CT molecular complexity index is 832. The molecule has 0 aromatic heterocycles. The molecule has 7 heteroatoms. The van der Waals surface area contributed by atoms with Crippen LogP contribution in [0.3, 0.4) is 0 Å². The molecule has 0 bridgehead atoms. The molecule has 6 nitrogen and oxygen atoms in total. The molecule has 0 saturated carbocycles. The van der Waals surface area contributed by atoms with E-state index in [2.05, 4.69) is 5.32 Å². The topological polar surface area (TPSA) is 75.7 Å². The van der Waals surface area contributed by atoms with Gasteiger partial charge in [-0.2, -0.15) is 0 Å². The number of ether oxygens (including phenoxy) is 1. The number of hydrogen-bond acceptors (Lipinski definition) is 4. The average Bonchev–Trinajstić information content (AvgIpc) is 2.65. The number of nitrogens with one attached hydrogen (secondary N) is 1. The predicted molar refractivity (Wildman–Crippen MR) is 97.6 cm³/mol. The molecule has 0 radical (unpaired) electrons. The first-order chi connectivity index (χ1) is 11.9. The number of rotatable bonds is 7. The number of anilines is 1. The lowest BCUT2D eigenvalue weighted by molar-refractivity contribution is 0.0953. The maximum atomic E-state index is 12.8. The van der Waals surface area contributed by atoms with Crippen molar-refractivity contribution in [1.82, 2.24) is 5.32 Å². The molecule has 0 spiro atoms. The van der Waals surface area contributed by atoms with Crippen LogP contribution in [-0.2, 0) is 10.0 Å². The van der Waals surface area contributed by atoms with Crippen molar-refractivity contribution in [3.8, 4) is 5.75 Å². The molecule has 0 aliphatic rings. The van der Waals surface area contributed by atoms with E-state index < -0.39 is 10.0 Å². The Labute approximate surface area is 148 Å². The molecule has 0 saturated heterocycles. The first kappa shape index (κ1) is 18.8. The molecule has 2 aromatic rings. The summed E-state index contributed by atoms with van der Waals surface area (Å²) < 4.78 is 31.9. The van der Waals surface area contributed by atoms with Gasteiger partial charge in [-0.15, -0.1) is 0 Å². The summed E-state index contributed by atoms with van der Waals surface area (Å²) in [6, 6.07) is 12.7. The predicted octanol–water partition coefficient (Wildman–Crippen LogP) is 2.66. The molecule has 0 atom stereocenters. The van der Waals surface area contributed by atoms with Gasteiger partial charge >= 0.3 is 0 Å². The van der Waals surface area contributed by atoms with Gasteiger partial charge in [-0.1, -0.05) is 13.0 Å². The number of amides is 1. The van der Waals surface area contributed by atoms with Gasteiger partial charge in [0, 0.05) is 19.2 Å². The van der Waals surface area contributed by atoms with E-state index >= 15 is 0 Å². The minimum atomic E-state index is -3.78. The van der Waals surface area contributed by atoms with Crippen molar-refractivity contribution in [2.24, 2.45) is 0 Å². The molecule has 2 aromatic carbocycles. The van der Waals surface area contributed by atoms with Crippen LogP contribution in [0.1, 0.15) is 23.7 Å². The van der Waals surface area contributed by atoms with Crippen LogP contribution in [0.4, 0.5) is 5.69 Å². The summed E-state index contributed by atoms with van der Waals surface area (Å²) in [6.07, 6.45) is 0.809. The zero-order chi connectivity index (χ0) is 18.4. The summed E-state index contributed by atoms with van der Waals surface area (Å²) >= 11 is 0. The van der Waals surface area contributed by atoms with Gasteiger partial charge in [-0.3, -0.25) is 9.10 Å². The molecule has 25 heavy (non-hydrogen) atoms. The smallest absolute Gasteiger partial charge is 0.264 e. The van der Waals surface area contributed by atoms with E-state index in [0.717, 1.165) is 6.42 Å². The summed E-state index contributed by atoms with van der Waals surface area (Å²) in [5.74, 6) is 0.357. The molecule has 1 N–H and O–H groups in total. The third kappa shape index (κ3) is 4.30. The van der Waals surface area contributed by atoms with Crippen molar-refractivity contribution >= 4 is 21.6 Å². The fourth-order valence-corrected chi connectivity index (χ4v) is 3.47. The van der Waals surface area contributed by atoms with E-state index in [1.54, 1.807) is 43.5 Å². The third-order valence-corrected chi connectivity index (χ3v) is 5.51. The third-order valence-electron chi connectivity index (χ3n) is 3.73. The highest BCUT2D eigenvalue weighted by Gasteiger charge is 2.22.